The minimum atomic E-state index is -0.443. The number of carbonyl (C=O) groups is 1. The molecule has 1 N–H and O–H groups in total. The van der Waals surface area contributed by atoms with Crippen LogP contribution in [-0.4, -0.2) is 28.8 Å². The first-order valence-electron chi connectivity index (χ1n) is 10.4. The molecule has 6 rings (SSSR count). The summed E-state index contributed by atoms with van der Waals surface area (Å²) in [6.45, 7) is 4.35. The maximum atomic E-state index is 13.3. The van der Waals surface area contributed by atoms with Gasteiger partial charge in [0.15, 0.2) is 11.5 Å². The van der Waals surface area contributed by atoms with Crippen molar-refractivity contribution in [1.82, 2.24) is 4.98 Å². The molecule has 1 saturated heterocycles. The predicted molar refractivity (Wildman–Crippen MR) is 115 cm³/mol. The number of aromatic nitrogens is 1. The molecule has 0 spiro atoms. The molecule has 3 aliphatic rings. The van der Waals surface area contributed by atoms with Crippen molar-refractivity contribution in [1.29, 1.82) is 0 Å². The highest BCUT2D eigenvalue weighted by Crippen LogP contribution is 2.63. The summed E-state index contributed by atoms with van der Waals surface area (Å²) in [5.74, 6) is 2.30. The molecule has 6 nitrogen and oxygen atoms in total. The number of carbonyl (C=O) groups excluding carboxylic acids is 1. The first kappa shape index (κ1) is 18.4. The van der Waals surface area contributed by atoms with E-state index in [-0.39, 0.29) is 25.3 Å². The third-order valence-electron chi connectivity index (χ3n) is 7.02. The van der Waals surface area contributed by atoms with Gasteiger partial charge in [0, 0.05) is 11.8 Å². The Morgan fingerprint density at radius 1 is 1.10 bits per heavy atom. The average molecular weight is 414 g/mol. The van der Waals surface area contributed by atoms with Gasteiger partial charge in [-0.15, -0.1) is 0 Å². The van der Waals surface area contributed by atoms with Gasteiger partial charge in [-0.2, -0.15) is 0 Å². The summed E-state index contributed by atoms with van der Waals surface area (Å²) in [4.78, 5) is 19.9. The summed E-state index contributed by atoms with van der Waals surface area (Å²) < 4.78 is 10.9. The lowest BCUT2D eigenvalue weighted by Crippen LogP contribution is -2.55. The van der Waals surface area contributed by atoms with Crippen LogP contribution in [0.3, 0.4) is 0 Å². The molecular formula is C25H22N2O4. The number of nitrogens with zero attached hydrogens (tertiary/aromatic N) is 2. The number of ether oxygens (including phenoxy) is 2. The van der Waals surface area contributed by atoms with Crippen LogP contribution in [0.1, 0.15) is 28.7 Å². The molecular weight excluding hydrogens is 392 g/mol. The summed E-state index contributed by atoms with van der Waals surface area (Å²) in [6.07, 6.45) is 2.65. The SMILES string of the molecule is Cc1c(-c2ccc(CO)cc2)cnc(N2C(=O)C3(c4ccc5c(c4)OCO5)C[C@@H]23)c1C. The number of hydrogen-bond acceptors (Lipinski definition) is 5. The van der Waals surface area contributed by atoms with E-state index in [1.165, 1.54) is 0 Å². The lowest BCUT2D eigenvalue weighted by Gasteiger charge is -2.38. The topological polar surface area (TPSA) is 71.9 Å². The van der Waals surface area contributed by atoms with Crippen molar-refractivity contribution in [3.63, 3.8) is 0 Å². The standard InChI is InChI=1S/C25H22N2O4/c1-14-15(2)23(26-11-19(14)17-5-3-16(12-28)4-6-17)27-22-10-25(22,24(27)29)18-7-8-20-21(9-18)31-13-30-20/h3-9,11,22,28H,10,12-13H2,1-2H3/t22-,25?/m1/s1. The highest BCUT2D eigenvalue weighted by molar-refractivity contribution is 6.14. The van der Waals surface area contributed by atoms with E-state index in [1.54, 1.807) is 0 Å². The van der Waals surface area contributed by atoms with Crippen molar-refractivity contribution in [2.24, 2.45) is 0 Å². The Morgan fingerprint density at radius 2 is 1.87 bits per heavy atom. The van der Waals surface area contributed by atoms with E-state index in [4.69, 9.17) is 14.5 Å². The van der Waals surface area contributed by atoms with E-state index in [9.17, 15) is 9.90 Å². The van der Waals surface area contributed by atoms with Crippen LogP contribution in [-0.2, 0) is 16.8 Å². The number of pyridine rings is 1. The maximum Gasteiger partial charge on any atom is 0.241 e. The molecule has 0 bridgehead atoms. The van der Waals surface area contributed by atoms with Crippen LogP contribution in [0, 0.1) is 13.8 Å². The monoisotopic (exact) mass is 414 g/mol. The van der Waals surface area contributed by atoms with E-state index >= 15 is 0 Å². The molecule has 2 aromatic carbocycles. The number of anilines is 1. The van der Waals surface area contributed by atoms with Crippen LogP contribution in [0.5, 0.6) is 11.5 Å². The van der Waals surface area contributed by atoms with Crippen LogP contribution in [0.2, 0.25) is 0 Å². The van der Waals surface area contributed by atoms with Gasteiger partial charge in [-0.05, 0) is 60.2 Å². The maximum absolute atomic E-state index is 13.3. The van der Waals surface area contributed by atoms with Crippen LogP contribution >= 0.6 is 0 Å². The van der Waals surface area contributed by atoms with Crippen molar-refractivity contribution in [2.45, 2.75) is 38.3 Å². The highest BCUT2D eigenvalue weighted by Gasteiger charge is 2.75. The Morgan fingerprint density at radius 3 is 2.61 bits per heavy atom. The van der Waals surface area contributed by atoms with Crippen LogP contribution < -0.4 is 14.4 Å². The highest BCUT2D eigenvalue weighted by atomic mass is 16.7. The van der Waals surface area contributed by atoms with Gasteiger partial charge in [0.2, 0.25) is 12.7 Å². The lowest BCUT2D eigenvalue weighted by atomic mass is 9.87. The van der Waals surface area contributed by atoms with E-state index in [2.05, 4.69) is 6.92 Å². The second kappa shape index (κ2) is 6.31. The van der Waals surface area contributed by atoms with Crippen LogP contribution in [0.15, 0.2) is 48.7 Å². The summed E-state index contributed by atoms with van der Waals surface area (Å²) in [5.41, 5.74) is 5.64. The third-order valence-corrected chi connectivity index (χ3v) is 7.02. The van der Waals surface area contributed by atoms with Crippen molar-refractivity contribution < 1.29 is 19.4 Å². The normalized spacial score (nSPS) is 22.9. The molecule has 1 aromatic heterocycles. The fourth-order valence-electron chi connectivity index (χ4n) is 4.94. The summed E-state index contributed by atoms with van der Waals surface area (Å²) in [7, 11) is 0. The van der Waals surface area contributed by atoms with Gasteiger partial charge in [-0.25, -0.2) is 4.98 Å². The Kier molecular flexibility index (Phi) is 3.74. The number of benzene rings is 2. The van der Waals surface area contributed by atoms with Crippen LogP contribution in [0.25, 0.3) is 11.1 Å². The summed E-state index contributed by atoms with van der Waals surface area (Å²) in [6, 6.07) is 13.8. The number of aliphatic hydroxyl groups excluding tert-OH is 1. The molecule has 1 unspecified atom stereocenters. The fourth-order valence-corrected chi connectivity index (χ4v) is 4.94. The van der Waals surface area contributed by atoms with Gasteiger partial charge in [0.05, 0.1) is 18.1 Å². The molecule has 2 fully saturated rings. The first-order chi connectivity index (χ1) is 15.0. The molecule has 6 heteroatoms. The third kappa shape index (κ3) is 2.42. The van der Waals surface area contributed by atoms with E-state index in [0.29, 0.717) is 5.75 Å². The Hall–Kier alpha value is -3.38. The van der Waals surface area contributed by atoms with Crippen molar-refractivity contribution in [3.8, 4) is 22.6 Å². The second-order valence-corrected chi connectivity index (χ2v) is 8.53. The molecule has 1 amide bonds. The molecule has 31 heavy (non-hydrogen) atoms. The molecule has 2 atom stereocenters. The number of fused-ring (bicyclic) bond motifs is 2. The second-order valence-electron chi connectivity index (χ2n) is 8.53. The van der Waals surface area contributed by atoms with Crippen LogP contribution in [0.4, 0.5) is 5.82 Å². The van der Waals surface area contributed by atoms with Gasteiger partial charge in [-0.3, -0.25) is 9.69 Å². The molecule has 1 saturated carbocycles. The Balaban J connectivity index is 1.30. The van der Waals surface area contributed by atoms with Gasteiger partial charge in [0.25, 0.3) is 0 Å². The molecule has 1 aliphatic carbocycles. The van der Waals surface area contributed by atoms with Gasteiger partial charge in [-0.1, -0.05) is 30.3 Å². The fraction of sp³-hybridized carbons (Fsp3) is 0.280. The quantitative estimate of drug-likeness (QED) is 0.660. The zero-order chi connectivity index (χ0) is 21.3. The van der Waals surface area contributed by atoms with Gasteiger partial charge in [0.1, 0.15) is 5.82 Å². The van der Waals surface area contributed by atoms with E-state index in [1.807, 2.05) is 60.5 Å². The predicted octanol–water partition coefficient (Wildman–Crippen LogP) is 3.64. The Bertz CT molecular complexity index is 1240. The molecule has 3 aromatic rings. The lowest BCUT2D eigenvalue weighted by molar-refractivity contribution is -0.124. The summed E-state index contributed by atoms with van der Waals surface area (Å²) >= 11 is 0. The smallest absolute Gasteiger partial charge is 0.241 e. The number of rotatable bonds is 4. The average Bonchev–Trinajstić information content (AvgIpc) is 3.24. The van der Waals surface area contributed by atoms with E-state index in [0.717, 1.165) is 51.4 Å². The number of aliphatic hydroxyl groups is 1. The number of hydrogen-bond donors (Lipinski definition) is 1. The van der Waals surface area contributed by atoms with Crippen molar-refractivity contribution in [3.05, 3.63) is 70.9 Å². The van der Waals surface area contributed by atoms with Crippen molar-refractivity contribution >= 4 is 11.7 Å². The van der Waals surface area contributed by atoms with E-state index < -0.39 is 5.41 Å². The Labute approximate surface area is 180 Å². The van der Waals surface area contributed by atoms with Gasteiger partial charge < -0.3 is 14.6 Å². The van der Waals surface area contributed by atoms with Gasteiger partial charge >= 0.3 is 0 Å². The van der Waals surface area contributed by atoms with Crippen molar-refractivity contribution in [2.75, 3.05) is 11.7 Å². The minimum absolute atomic E-state index is 0.0268. The molecule has 0 radical (unpaired) electrons. The number of amides is 1. The zero-order valence-corrected chi connectivity index (χ0v) is 17.4. The number of β-lactam (4-membered cyclic amide) rings is 1. The molecule has 156 valence electrons. The zero-order valence-electron chi connectivity index (χ0n) is 17.4. The summed E-state index contributed by atoms with van der Waals surface area (Å²) in [5, 5.41) is 9.27. The molecule has 2 aliphatic heterocycles. The minimum Gasteiger partial charge on any atom is -0.454 e. The first-order valence-corrected chi connectivity index (χ1v) is 10.4. The molecule has 3 heterocycles. The largest absolute Gasteiger partial charge is 0.454 e.